The van der Waals surface area contributed by atoms with Gasteiger partial charge < -0.3 is 9.47 Å². The second-order valence-electron chi connectivity index (χ2n) is 2.91. The lowest BCUT2D eigenvalue weighted by Crippen LogP contribution is -2.36. The smallest absolute Gasteiger partial charge is 0.326 e. The van der Waals surface area contributed by atoms with Crippen LogP contribution < -0.4 is 15.6 Å². The summed E-state index contributed by atoms with van der Waals surface area (Å²) in [6.07, 6.45) is 0. The Balaban J connectivity index is 2.72. The first-order valence-corrected chi connectivity index (χ1v) is 4.40. The molecule has 5 nitrogen and oxygen atoms in total. The summed E-state index contributed by atoms with van der Waals surface area (Å²) < 4.78 is 9.54. The van der Waals surface area contributed by atoms with Crippen LogP contribution in [0.1, 0.15) is 0 Å². The maximum Gasteiger partial charge on any atom is 0.326 e. The fourth-order valence-corrected chi connectivity index (χ4v) is 1.08. The standard InChI is InChI=1S/C10H14N2O3/c1-14-9-5-3-4-8(6-9)12(11)7-10(13)15-2/h3-6H,7,11H2,1-2H3. The lowest BCUT2D eigenvalue weighted by Gasteiger charge is -2.17. The first-order chi connectivity index (χ1) is 7.17. The van der Waals surface area contributed by atoms with Gasteiger partial charge in [0.05, 0.1) is 19.9 Å². The predicted molar refractivity (Wildman–Crippen MR) is 56.5 cm³/mol. The number of esters is 1. The van der Waals surface area contributed by atoms with Crippen LogP contribution in [0.4, 0.5) is 5.69 Å². The molecule has 0 saturated carbocycles. The third kappa shape index (κ3) is 3.14. The molecule has 0 saturated heterocycles. The monoisotopic (exact) mass is 210 g/mol. The Morgan fingerprint density at radius 2 is 2.20 bits per heavy atom. The van der Waals surface area contributed by atoms with Crippen LogP contribution in [-0.4, -0.2) is 26.7 Å². The topological polar surface area (TPSA) is 64.8 Å². The van der Waals surface area contributed by atoms with Gasteiger partial charge in [-0.15, -0.1) is 0 Å². The van der Waals surface area contributed by atoms with Crippen LogP contribution in [0.25, 0.3) is 0 Å². The molecular formula is C10H14N2O3. The summed E-state index contributed by atoms with van der Waals surface area (Å²) >= 11 is 0. The SMILES string of the molecule is COC(=O)CN(N)c1cccc(OC)c1. The van der Waals surface area contributed by atoms with Crippen LogP contribution in [0.5, 0.6) is 5.75 Å². The summed E-state index contributed by atoms with van der Waals surface area (Å²) in [7, 11) is 2.89. The first-order valence-electron chi connectivity index (χ1n) is 4.40. The maximum absolute atomic E-state index is 11.0. The van der Waals surface area contributed by atoms with Gasteiger partial charge in [0.15, 0.2) is 0 Å². The van der Waals surface area contributed by atoms with E-state index in [4.69, 9.17) is 10.6 Å². The van der Waals surface area contributed by atoms with Gasteiger partial charge in [-0.05, 0) is 12.1 Å². The van der Waals surface area contributed by atoms with Crippen molar-refractivity contribution in [2.24, 2.45) is 5.84 Å². The van der Waals surface area contributed by atoms with E-state index in [1.807, 2.05) is 0 Å². The summed E-state index contributed by atoms with van der Waals surface area (Å²) in [6.45, 7) is 0.00364. The van der Waals surface area contributed by atoms with Crippen LogP contribution in [0.3, 0.4) is 0 Å². The van der Waals surface area contributed by atoms with E-state index < -0.39 is 0 Å². The average Bonchev–Trinajstić information content (AvgIpc) is 2.28. The van der Waals surface area contributed by atoms with Gasteiger partial charge in [-0.3, -0.25) is 9.80 Å². The van der Waals surface area contributed by atoms with Crippen molar-refractivity contribution in [1.29, 1.82) is 0 Å². The Labute approximate surface area is 88.3 Å². The quantitative estimate of drug-likeness (QED) is 0.446. The summed E-state index contributed by atoms with van der Waals surface area (Å²) in [4.78, 5) is 11.0. The lowest BCUT2D eigenvalue weighted by atomic mass is 10.3. The van der Waals surface area contributed by atoms with Crippen molar-refractivity contribution in [3.8, 4) is 5.75 Å². The highest BCUT2D eigenvalue weighted by molar-refractivity contribution is 5.75. The average molecular weight is 210 g/mol. The Hall–Kier alpha value is -1.75. The molecule has 0 amide bonds. The molecule has 82 valence electrons. The number of nitrogens with two attached hydrogens (primary N) is 1. The van der Waals surface area contributed by atoms with Gasteiger partial charge in [0, 0.05) is 6.07 Å². The molecular weight excluding hydrogens is 196 g/mol. The van der Waals surface area contributed by atoms with Crippen molar-refractivity contribution in [2.75, 3.05) is 25.8 Å². The van der Waals surface area contributed by atoms with Crippen molar-refractivity contribution in [2.45, 2.75) is 0 Å². The van der Waals surface area contributed by atoms with Crippen LogP contribution in [-0.2, 0) is 9.53 Å². The molecule has 0 aromatic heterocycles. The van der Waals surface area contributed by atoms with Gasteiger partial charge in [0.1, 0.15) is 12.3 Å². The van der Waals surface area contributed by atoms with E-state index in [0.29, 0.717) is 11.4 Å². The van der Waals surface area contributed by atoms with E-state index in [9.17, 15) is 4.79 Å². The fraction of sp³-hybridized carbons (Fsp3) is 0.300. The lowest BCUT2D eigenvalue weighted by molar-refractivity contribution is -0.138. The largest absolute Gasteiger partial charge is 0.497 e. The minimum Gasteiger partial charge on any atom is -0.497 e. The zero-order valence-electron chi connectivity index (χ0n) is 8.77. The number of anilines is 1. The molecule has 2 N–H and O–H groups in total. The summed E-state index contributed by atoms with van der Waals surface area (Å²) in [5.74, 6) is 5.97. The van der Waals surface area contributed by atoms with E-state index in [1.54, 1.807) is 31.4 Å². The van der Waals surface area contributed by atoms with Crippen LogP contribution in [0, 0.1) is 0 Å². The number of ether oxygens (including phenoxy) is 2. The van der Waals surface area contributed by atoms with Crippen LogP contribution in [0.2, 0.25) is 0 Å². The number of hydrogen-bond donors (Lipinski definition) is 1. The molecule has 0 radical (unpaired) electrons. The normalized spacial score (nSPS) is 9.53. The third-order valence-electron chi connectivity index (χ3n) is 1.91. The predicted octanol–water partition coefficient (Wildman–Crippen LogP) is 0.548. The Morgan fingerprint density at radius 1 is 1.47 bits per heavy atom. The van der Waals surface area contributed by atoms with Crippen LogP contribution >= 0.6 is 0 Å². The Morgan fingerprint density at radius 3 is 2.80 bits per heavy atom. The number of benzene rings is 1. The molecule has 0 aliphatic carbocycles. The fourth-order valence-electron chi connectivity index (χ4n) is 1.08. The molecule has 1 aromatic carbocycles. The Kier molecular flexibility index (Phi) is 3.93. The first kappa shape index (κ1) is 11.3. The highest BCUT2D eigenvalue weighted by atomic mass is 16.5. The minimum absolute atomic E-state index is 0.00364. The highest BCUT2D eigenvalue weighted by Crippen LogP contribution is 2.18. The van der Waals surface area contributed by atoms with Crippen molar-refractivity contribution >= 4 is 11.7 Å². The summed E-state index contributed by atoms with van der Waals surface area (Å²) in [5, 5.41) is 1.30. The number of hydrazine groups is 1. The highest BCUT2D eigenvalue weighted by Gasteiger charge is 2.08. The van der Waals surface area contributed by atoms with Crippen molar-refractivity contribution in [3.63, 3.8) is 0 Å². The molecule has 15 heavy (non-hydrogen) atoms. The molecule has 0 unspecified atom stereocenters. The van der Waals surface area contributed by atoms with Crippen molar-refractivity contribution in [3.05, 3.63) is 24.3 Å². The second kappa shape index (κ2) is 5.21. The number of hydrogen-bond acceptors (Lipinski definition) is 5. The van der Waals surface area contributed by atoms with Gasteiger partial charge in [0.2, 0.25) is 0 Å². The molecule has 0 fully saturated rings. The zero-order chi connectivity index (χ0) is 11.3. The van der Waals surface area contributed by atoms with Crippen molar-refractivity contribution < 1.29 is 14.3 Å². The number of nitrogens with zero attached hydrogens (tertiary/aromatic N) is 1. The van der Waals surface area contributed by atoms with Gasteiger partial charge >= 0.3 is 5.97 Å². The molecule has 0 atom stereocenters. The van der Waals surface area contributed by atoms with E-state index >= 15 is 0 Å². The maximum atomic E-state index is 11.0. The second-order valence-corrected chi connectivity index (χ2v) is 2.91. The minimum atomic E-state index is -0.389. The van der Waals surface area contributed by atoms with Gasteiger partial charge in [-0.25, -0.2) is 5.84 Å². The number of methoxy groups -OCH3 is 2. The molecule has 0 heterocycles. The third-order valence-corrected chi connectivity index (χ3v) is 1.91. The van der Waals surface area contributed by atoms with Gasteiger partial charge in [-0.1, -0.05) is 6.07 Å². The molecule has 1 rings (SSSR count). The molecule has 5 heteroatoms. The van der Waals surface area contributed by atoms with E-state index in [0.717, 1.165) is 0 Å². The molecule has 0 spiro atoms. The number of carbonyl (C=O) groups excluding carboxylic acids is 1. The zero-order valence-corrected chi connectivity index (χ0v) is 8.77. The Bertz CT molecular complexity index is 341. The van der Waals surface area contributed by atoms with Gasteiger partial charge in [-0.2, -0.15) is 0 Å². The number of rotatable bonds is 4. The molecule has 0 bridgehead atoms. The summed E-state index contributed by atoms with van der Waals surface area (Å²) in [6, 6.07) is 7.12. The van der Waals surface area contributed by atoms with E-state index in [-0.39, 0.29) is 12.5 Å². The van der Waals surface area contributed by atoms with E-state index in [2.05, 4.69) is 4.74 Å². The molecule has 0 aliphatic rings. The molecule has 0 aliphatic heterocycles. The van der Waals surface area contributed by atoms with E-state index in [1.165, 1.54) is 12.1 Å². The van der Waals surface area contributed by atoms with Crippen molar-refractivity contribution in [1.82, 2.24) is 0 Å². The number of carbonyl (C=O) groups is 1. The molecule has 1 aromatic rings. The van der Waals surface area contributed by atoms with Gasteiger partial charge in [0.25, 0.3) is 0 Å². The summed E-state index contributed by atoms with van der Waals surface area (Å²) in [5.41, 5.74) is 0.694. The van der Waals surface area contributed by atoms with Crippen LogP contribution in [0.15, 0.2) is 24.3 Å².